The summed E-state index contributed by atoms with van der Waals surface area (Å²) < 4.78 is 36.7. The second-order valence-corrected chi connectivity index (χ2v) is 9.57. The van der Waals surface area contributed by atoms with Crippen molar-refractivity contribution in [3.63, 3.8) is 0 Å². The minimum atomic E-state index is -2.92. The van der Waals surface area contributed by atoms with Gasteiger partial charge in [-0.3, -0.25) is 9.89 Å². The molecule has 37 heavy (non-hydrogen) atoms. The molecule has 1 saturated heterocycles. The number of ether oxygens (including phenoxy) is 2. The Morgan fingerprint density at radius 3 is 2.62 bits per heavy atom. The number of benzene rings is 2. The van der Waals surface area contributed by atoms with Crippen molar-refractivity contribution < 1.29 is 23.0 Å². The van der Waals surface area contributed by atoms with Gasteiger partial charge in [0.2, 0.25) is 5.91 Å². The number of aromatic nitrogens is 3. The van der Waals surface area contributed by atoms with E-state index in [1.165, 1.54) is 0 Å². The summed E-state index contributed by atoms with van der Waals surface area (Å²) in [5.74, 6) is 1.51. The lowest BCUT2D eigenvalue weighted by molar-refractivity contribution is -0.133. The van der Waals surface area contributed by atoms with Crippen molar-refractivity contribution in [2.24, 2.45) is 0 Å². The zero-order valence-corrected chi connectivity index (χ0v) is 20.8. The summed E-state index contributed by atoms with van der Waals surface area (Å²) in [5, 5.41) is 6.91. The third-order valence-corrected chi connectivity index (χ3v) is 6.92. The second-order valence-electron chi connectivity index (χ2n) is 9.57. The molecule has 5 rings (SSSR count). The van der Waals surface area contributed by atoms with Crippen LogP contribution in [-0.2, 0) is 17.6 Å². The van der Waals surface area contributed by atoms with Gasteiger partial charge >= 0.3 is 6.61 Å². The molecule has 0 unspecified atom stereocenters. The van der Waals surface area contributed by atoms with E-state index in [0.29, 0.717) is 43.5 Å². The highest BCUT2D eigenvalue weighted by Crippen LogP contribution is 2.37. The summed E-state index contributed by atoms with van der Waals surface area (Å²) in [6.45, 7) is 0.590. The molecule has 10 heteroatoms. The number of aromatic amines is 1. The Bertz CT molecular complexity index is 1200. The van der Waals surface area contributed by atoms with Crippen LogP contribution in [0, 0.1) is 6.92 Å². The van der Waals surface area contributed by atoms with Gasteiger partial charge in [-0.05, 0) is 50.3 Å². The van der Waals surface area contributed by atoms with Gasteiger partial charge in [0.15, 0.2) is 17.3 Å². The topological polar surface area (TPSA) is 83.6 Å². The minimum absolute atomic E-state index is 0.0192. The van der Waals surface area contributed by atoms with Gasteiger partial charge in [0.25, 0.3) is 0 Å². The van der Waals surface area contributed by atoms with E-state index < -0.39 is 6.61 Å². The molecule has 2 aliphatic rings. The first-order valence-corrected chi connectivity index (χ1v) is 12.7. The number of carbonyl (C=O) groups excluding carboxylic acids is 1. The predicted molar refractivity (Wildman–Crippen MR) is 134 cm³/mol. The van der Waals surface area contributed by atoms with Gasteiger partial charge < -0.3 is 19.3 Å². The van der Waals surface area contributed by atoms with Gasteiger partial charge in [0.1, 0.15) is 5.82 Å². The van der Waals surface area contributed by atoms with Crippen molar-refractivity contribution in [2.75, 3.05) is 24.5 Å². The third kappa shape index (κ3) is 6.18. The maximum atomic E-state index is 13.3. The number of aryl methyl sites for hydroxylation is 1. The van der Waals surface area contributed by atoms with E-state index in [2.05, 4.69) is 32.2 Å². The fourth-order valence-electron chi connectivity index (χ4n) is 4.83. The third-order valence-electron chi connectivity index (χ3n) is 6.92. The SMILES string of the molecule is Cc1nc(CC(=O)N2CCN(c3ccc(OC(F)F)c(OC4CCC4)c3)C[C@@H]2Cc2ccccc2)n[nH]1. The number of nitrogens with zero attached hydrogens (tertiary/aromatic N) is 4. The zero-order chi connectivity index (χ0) is 25.8. The monoisotopic (exact) mass is 511 g/mol. The molecule has 3 aromatic rings. The molecule has 1 amide bonds. The second kappa shape index (κ2) is 11.1. The van der Waals surface area contributed by atoms with E-state index in [-0.39, 0.29) is 30.2 Å². The molecule has 1 aliphatic carbocycles. The van der Waals surface area contributed by atoms with E-state index in [9.17, 15) is 13.6 Å². The molecule has 1 N–H and O–H groups in total. The molecule has 2 aromatic carbocycles. The lowest BCUT2D eigenvalue weighted by atomic mass is 9.96. The number of carbonyl (C=O) groups is 1. The number of hydrogen-bond acceptors (Lipinski definition) is 6. The minimum Gasteiger partial charge on any atom is -0.486 e. The van der Waals surface area contributed by atoms with Gasteiger partial charge in [-0.1, -0.05) is 30.3 Å². The highest BCUT2D eigenvalue weighted by Gasteiger charge is 2.32. The molecule has 8 nitrogen and oxygen atoms in total. The van der Waals surface area contributed by atoms with Crippen molar-refractivity contribution >= 4 is 11.6 Å². The van der Waals surface area contributed by atoms with E-state index in [1.807, 2.05) is 23.1 Å². The van der Waals surface area contributed by atoms with Gasteiger partial charge in [-0.25, -0.2) is 4.98 Å². The number of amides is 1. The van der Waals surface area contributed by atoms with Gasteiger partial charge in [-0.2, -0.15) is 13.9 Å². The molecule has 196 valence electrons. The highest BCUT2D eigenvalue weighted by molar-refractivity contribution is 5.78. The summed E-state index contributed by atoms with van der Waals surface area (Å²) in [4.78, 5) is 21.7. The van der Waals surface area contributed by atoms with Crippen LogP contribution < -0.4 is 14.4 Å². The number of anilines is 1. The Morgan fingerprint density at radius 1 is 1.14 bits per heavy atom. The number of halogens is 2. The van der Waals surface area contributed by atoms with Crippen LogP contribution in [-0.4, -0.2) is 64.4 Å². The number of rotatable bonds is 9. The van der Waals surface area contributed by atoms with Crippen LogP contribution in [0.4, 0.5) is 14.5 Å². The molecule has 0 radical (unpaired) electrons. The normalized spacial score (nSPS) is 18.1. The summed E-state index contributed by atoms with van der Waals surface area (Å²) >= 11 is 0. The highest BCUT2D eigenvalue weighted by atomic mass is 19.3. The van der Waals surface area contributed by atoms with Crippen LogP contribution in [0.3, 0.4) is 0 Å². The zero-order valence-electron chi connectivity index (χ0n) is 20.8. The Kier molecular flexibility index (Phi) is 7.52. The lowest BCUT2D eigenvalue weighted by Gasteiger charge is -2.43. The van der Waals surface area contributed by atoms with Crippen LogP contribution in [0.15, 0.2) is 48.5 Å². The molecule has 0 bridgehead atoms. The Balaban J connectivity index is 1.36. The van der Waals surface area contributed by atoms with Crippen molar-refractivity contribution in [3.05, 3.63) is 65.7 Å². The molecular weight excluding hydrogens is 480 g/mol. The van der Waals surface area contributed by atoms with Gasteiger partial charge in [0.05, 0.1) is 18.6 Å². The molecule has 2 fully saturated rings. The molecule has 1 atom stereocenters. The first-order chi connectivity index (χ1) is 17.9. The number of alkyl halides is 2. The Hall–Kier alpha value is -3.69. The van der Waals surface area contributed by atoms with Crippen LogP contribution in [0.25, 0.3) is 0 Å². The van der Waals surface area contributed by atoms with Crippen LogP contribution in [0.5, 0.6) is 11.5 Å². The summed E-state index contributed by atoms with van der Waals surface area (Å²) in [5.41, 5.74) is 1.99. The van der Waals surface area contributed by atoms with E-state index in [1.54, 1.807) is 25.1 Å². The van der Waals surface area contributed by atoms with Crippen molar-refractivity contribution in [2.45, 2.75) is 57.8 Å². The summed E-state index contributed by atoms with van der Waals surface area (Å²) in [6, 6.07) is 15.1. The summed E-state index contributed by atoms with van der Waals surface area (Å²) in [6.07, 6.45) is 3.73. The average Bonchev–Trinajstić information content (AvgIpc) is 3.26. The smallest absolute Gasteiger partial charge is 0.387 e. The molecule has 1 aliphatic heterocycles. The first kappa shape index (κ1) is 25.0. The standard InChI is InChI=1S/C27H31F2N5O3/c1-18-30-25(32-31-18)16-26(35)34-13-12-33(17-21(34)14-19-6-3-2-4-7-19)20-10-11-23(37-27(28)29)24(15-20)36-22-8-5-9-22/h2-4,6-7,10-11,15,21-22,27H,5,8-9,12-14,16-17H2,1H3,(H,30,31,32)/t21-/m0/s1. The largest absolute Gasteiger partial charge is 0.486 e. The van der Waals surface area contributed by atoms with Crippen molar-refractivity contribution in [3.8, 4) is 11.5 Å². The van der Waals surface area contributed by atoms with Gasteiger partial charge in [0, 0.05) is 31.4 Å². The van der Waals surface area contributed by atoms with Crippen molar-refractivity contribution in [1.82, 2.24) is 20.1 Å². The molecule has 0 spiro atoms. The number of hydrogen-bond donors (Lipinski definition) is 1. The molecule has 2 heterocycles. The van der Waals surface area contributed by atoms with Crippen LogP contribution in [0.2, 0.25) is 0 Å². The van der Waals surface area contributed by atoms with Crippen LogP contribution >= 0.6 is 0 Å². The molecule has 1 aromatic heterocycles. The van der Waals surface area contributed by atoms with E-state index >= 15 is 0 Å². The number of piperazine rings is 1. The van der Waals surface area contributed by atoms with Gasteiger partial charge in [-0.15, -0.1) is 0 Å². The first-order valence-electron chi connectivity index (χ1n) is 12.7. The number of H-pyrrole nitrogens is 1. The maximum Gasteiger partial charge on any atom is 0.387 e. The average molecular weight is 512 g/mol. The number of nitrogens with one attached hydrogen (secondary N) is 1. The molecule has 1 saturated carbocycles. The van der Waals surface area contributed by atoms with Crippen LogP contribution in [0.1, 0.15) is 36.5 Å². The van der Waals surface area contributed by atoms with Crippen molar-refractivity contribution in [1.29, 1.82) is 0 Å². The summed E-state index contributed by atoms with van der Waals surface area (Å²) in [7, 11) is 0. The van der Waals surface area contributed by atoms with E-state index in [0.717, 1.165) is 30.5 Å². The fourth-order valence-corrected chi connectivity index (χ4v) is 4.83. The lowest BCUT2D eigenvalue weighted by Crippen LogP contribution is -2.56. The molecular formula is C27H31F2N5O3. The Morgan fingerprint density at radius 2 is 1.95 bits per heavy atom. The predicted octanol–water partition coefficient (Wildman–Crippen LogP) is 4.15. The maximum absolute atomic E-state index is 13.3. The quantitative estimate of drug-likeness (QED) is 0.465. The van der Waals surface area contributed by atoms with E-state index in [4.69, 9.17) is 9.47 Å². The fraction of sp³-hybridized carbons (Fsp3) is 0.444. The Labute approximate surface area is 214 Å².